The van der Waals surface area contributed by atoms with Crippen LogP contribution in [0.15, 0.2) is 48.5 Å². The number of amides is 1. The number of carbonyl (C=O) groups is 1. The first kappa shape index (κ1) is 17.0. The first-order chi connectivity index (χ1) is 12.0. The average Bonchev–Trinajstić information content (AvgIpc) is 2.96. The summed E-state index contributed by atoms with van der Waals surface area (Å²) in [5.41, 5.74) is 1.06. The largest absolute Gasteiger partial charge is 0.324 e. The summed E-state index contributed by atoms with van der Waals surface area (Å²) in [4.78, 5) is 28.2. The van der Waals surface area contributed by atoms with E-state index in [0.717, 1.165) is 20.1 Å². The number of nitrogens with one attached hydrogen (secondary N) is 2. The van der Waals surface area contributed by atoms with Crippen molar-refractivity contribution < 1.29 is 14.6 Å². The summed E-state index contributed by atoms with van der Waals surface area (Å²) >= 11 is 1.61. The van der Waals surface area contributed by atoms with E-state index in [4.69, 9.17) is 0 Å². The minimum absolute atomic E-state index is 0.111. The molecular weight excluding hydrogens is 340 g/mol. The van der Waals surface area contributed by atoms with Crippen molar-refractivity contribution in [3.63, 3.8) is 0 Å². The summed E-state index contributed by atoms with van der Waals surface area (Å²) in [6, 6.07) is 14.0. The van der Waals surface area contributed by atoms with Crippen molar-refractivity contribution in [2.24, 2.45) is 0 Å². The van der Waals surface area contributed by atoms with Crippen molar-refractivity contribution in [1.82, 2.24) is 4.98 Å². The Bertz CT molecular complexity index is 892. The Labute approximate surface area is 148 Å². The fourth-order valence-electron chi connectivity index (χ4n) is 2.52. The first-order valence-corrected chi connectivity index (χ1v) is 8.53. The smallest absolute Gasteiger partial charge is 0.292 e. The van der Waals surface area contributed by atoms with Crippen LogP contribution in [0.3, 0.4) is 0 Å². The minimum Gasteiger partial charge on any atom is -0.324 e. The molecule has 25 heavy (non-hydrogen) atoms. The van der Waals surface area contributed by atoms with Crippen LogP contribution in [0.25, 0.3) is 10.2 Å². The maximum atomic E-state index is 12.2. The normalized spacial score (nSPS) is 12.0. The molecule has 3 aromatic rings. The zero-order valence-corrected chi connectivity index (χ0v) is 14.4. The molecule has 1 heterocycles. The molecule has 3 rings (SSSR count). The number of para-hydroxylation sites is 3. The lowest BCUT2D eigenvalue weighted by Gasteiger charge is -2.12. The number of nitro groups is 1. The van der Waals surface area contributed by atoms with Gasteiger partial charge in [0.05, 0.1) is 22.2 Å². The van der Waals surface area contributed by atoms with Gasteiger partial charge in [-0.15, -0.1) is 11.3 Å². The van der Waals surface area contributed by atoms with Gasteiger partial charge in [-0.1, -0.05) is 24.3 Å². The molecule has 0 fully saturated rings. The lowest BCUT2D eigenvalue weighted by molar-refractivity contribution is -0.885. The fourth-order valence-corrected chi connectivity index (χ4v) is 3.60. The second-order valence-corrected chi connectivity index (χ2v) is 6.82. The molecule has 0 saturated heterocycles. The number of nitrogens with zero attached hydrogens (tertiary/aromatic N) is 2. The molecule has 1 amide bonds. The highest BCUT2D eigenvalue weighted by atomic mass is 32.1. The number of likely N-dealkylation sites (N-methyl/N-ethyl adjacent to an activating group) is 1. The first-order valence-electron chi connectivity index (χ1n) is 7.72. The molecule has 1 aromatic heterocycles. The van der Waals surface area contributed by atoms with Crippen LogP contribution in [0.4, 0.5) is 11.4 Å². The molecule has 0 aliphatic carbocycles. The number of nitro benzene ring substituents is 1. The molecule has 0 spiro atoms. The number of aromatic nitrogens is 1. The van der Waals surface area contributed by atoms with Crippen LogP contribution in [-0.2, 0) is 11.3 Å². The van der Waals surface area contributed by atoms with Gasteiger partial charge in [-0.2, -0.15) is 0 Å². The Kier molecular flexibility index (Phi) is 5.01. The van der Waals surface area contributed by atoms with Crippen LogP contribution in [0, 0.1) is 10.1 Å². The van der Waals surface area contributed by atoms with Gasteiger partial charge in [-0.3, -0.25) is 14.9 Å². The Morgan fingerprint density at radius 1 is 1.24 bits per heavy atom. The number of thiazole rings is 1. The Hall–Kier alpha value is -2.84. The number of rotatable bonds is 6. The van der Waals surface area contributed by atoms with Crippen LogP contribution in [0.5, 0.6) is 0 Å². The molecule has 2 N–H and O–H groups in total. The third-order valence-electron chi connectivity index (χ3n) is 3.63. The van der Waals surface area contributed by atoms with E-state index in [-0.39, 0.29) is 23.8 Å². The van der Waals surface area contributed by atoms with E-state index in [1.165, 1.54) is 12.1 Å². The quantitative estimate of drug-likeness (QED) is 0.520. The average molecular weight is 357 g/mol. The van der Waals surface area contributed by atoms with Crippen LogP contribution in [0.1, 0.15) is 5.01 Å². The van der Waals surface area contributed by atoms with Gasteiger partial charge in [0.15, 0.2) is 6.54 Å². The molecule has 8 heteroatoms. The summed E-state index contributed by atoms with van der Waals surface area (Å²) in [5.74, 6) is -0.270. The lowest BCUT2D eigenvalue weighted by Crippen LogP contribution is -3.08. The van der Waals surface area contributed by atoms with Crippen LogP contribution < -0.4 is 10.2 Å². The molecule has 1 atom stereocenters. The van der Waals surface area contributed by atoms with Crippen molar-refractivity contribution in [3.05, 3.63) is 63.7 Å². The van der Waals surface area contributed by atoms with E-state index in [0.29, 0.717) is 6.54 Å². The number of hydrogen-bond acceptors (Lipinski definition) is 5. The molecule has 0 bridgehead atoms. The zero-order valence-electron chi connectivity index (χ0n) is 13.6. The van der Waals surface area contributed by atoms with Crippen LogP contribution in [-0.4, -0.2) is 29.4 Å². The number of quaternary nitrogens is 1. The van der Waals surface area contributed by atoms with Gasteiger partial charge in [0, 0.05) is 6.07 Å². The minimum atomic E-state index is -0.507. The second kappa shape index (κ2) is 7.37. The van der Waals surface area contributed by atoms with Crippen LogP contribution >= 0.6 is 11.3 Å². The highest BCUT2D eigenvalue weighted by Gasteiger charge is 2.18. The zero-order chi connectivity index (χ0) is 17.8. The van der Waals surface area contributed by atoms with E-state index >= 15 is 0 Å². The standard InChI is InChI=1S/C17H16N4O3S/c1-20(11-17-19-13-7-3-5-9-15(13)25-17)10-16(22)18-12-6-2-4-8-14(12)21(23)24/h2-9H,10-11H2,1H3,(H,18,22)/p+1. The Balaban J connectivity index is 1.62. The third-order valence-corrected chi connectivity index (χ3v) is 4.66. The molecule has 128 valence electrons. The topological polar surface area (TPSA) is 89.6 Å². The monoisotopic (exact) mass is 357 g/mol. The van der Waals surface area contributed by atoms with E-state index in [2.05, 4.69) is 10.3 Å². The highest BCUT2D eigenvalue weighted by molar-refractivity contribution is 7.18. The van der Waals surface area contributed by atoms with Gasteiger partial charge in [0.25, 0.3) is 11.6 Å². The summed E-state index contributed by atoms with van der Waals surface area (Å²) in [5, 5.41) is 14.6. The number of fused-ring (bicyclic) bond motifs is 1. The summed E-state index contributed by atoms with van der Waals surface area (Å²) < 4.78 is 1.12. The van der Waals surface area contributed by atoms with Gasteiger partial charge in [0.2, 0.25) is 0 Å². The van der Waals surface area contributed by atoms with Gasteiger partial charge in [0.1, 0.15) is 17.2 Å². The van der Waals surface area contributed by atoms with Crippen molar-refractivity contribution in [3.8, 4) is 0 Å². The number of anilines is 1. The molecule has 7 nitrogen and oxygen atoms in total. The predicted octanol–water partition coefficient (Wildman–Crippen LogP) is 1.86. The van der Waals surface area contributed by atoms with Crippen LogP contribution in [0.2, 0.25) is 0 Å². The SMILES string of the molecule is C[NH+](CC(=O)Nc1ccccc1[N+](=O)[O-])Cc1nc2ccccc2s1. The molecule has 0 aliphatic rings. The van der Waals surface area contributed by atoms with Crippen molar-refractivity contribution in [2.45, 2.75) is 6.54 Å². The van der Waals surface area contributed by atoms with Gasteiger partial charge in [-0.05, 0) is 18.2 Å². The summed E-state index contributed by atoms with van der Waals surface area (Å²) in [7, 11) is 1.89. The third kappa shape index (κ3) is 4.17. The van der Waals surface area contributed by atoms with Gasteiger partial charge in [-0.25, -0.2) is 4.98 Å². The number of carbonyl (C=O) groups excluding carboxylic acids is 1. The van der Waals surface area contributed by atoms with Crippen molar-refractivity contribution in [1.29, 1.82) is 0 Å². The Morgan fingerprint density at radius 2 is 1.96 bits per heavy atom. The van der Waals surface area contributed by atoms with Gasteiger partial charge < -0.3 is 10.2 Å². The van der Waals surface area contributed by atoms with E-state index < -0.39 is 4.92 Å². The van der Waals surface area contributed by atoms with Crippen molar-refractivity contribution in [2.75, 3.05) is 18.9 Å². The maximum absolute atomic E-state index is 12.2. The molecule has 0 aliphatic heterocycles. The number of hydrogen-bond donors (Lipinski definition) is 2. The highest BCUT2D eigenvalue weighted by Crippen LogP contribution is 2.23. The van der Waals surface area contributed by atoms with Gasteiger partial charge >= 0.3 is 0 Å². The lowest BCUT2D eigenvalue weighted by atomic mass is 10.2. The predicted molar refractivity (Wildman–Crippen MR) is 96.8 cm³/mol. The Morgan fingerprint density at radius 3 is 2.72 bits per heavy atom. The second-order valence-electron chi connectivity index (χ2n) is 5.71. The molecule has 0 saturated carbocycles. The maximum Gasteiger partial charge on any atom is 0.292 e. The van der Waals surface area contributed by atoms with E-state index in [9.17, 15) is 14.9 Å². The number of benzene rings is 2. The van der Waals surface area contributed by atoms with Crippen molar-refractivity contribution >= 4 is 38.8 Å². The molecular formula is C17H17N4O3S+. The molecule has 2 aromatic carbocycles. The molecule has 1 unspecified atom stereocenters. The van der Waals surface area contributed by atoms with E-state index in [1.807, 2.05) is 31.3 Å². The fraction of sp³-hybridized carbons (Fsp3) is 0.176. The molecule has 0 radical (unpaired) electrons. The summed E-state index contributed by atoms with van der Waals surface area (Å²) in [6.45, 7) is 0.811. The summed E-state index contributed by atoms with van der Waals surface area (Å²) in [6.07, 6.45) is 0. The van der Waals surface area contributed by atoms with E-state index in [1.54, 1.807) is 23.5 Å².